The number of halogens is 4. The van der Waals surface area contributed by atoms with E-state index in [9.17, 15) is 4.79 Å². The molecular weight excluding hydrogens is 450 g/mol. The fourth-order valence-electron chi connectivity index (χ4n) is 4.48. The van der Waals surface area contributed by atoms with E-state index in [2.05, 4.69) is 16.3 Å². The van der Waals surface area contributed by atoms with Crippen LogP contribution >= 0.6 is 47.2 Å². The monoisotopic (exact) mass is 472 g/mol. The number of Topliss-reactive ketones (excluding diaryl/α,β-unsaturated/α-hetero) is 1. The van der Waals surface area contributed by atoms with Gasteiger partial charge >= 0.3 is 0 Å². The van der Waals surface area contributed by atoms with E-state index < -0.39 is 5.54 Å². The number of likely N-dealkylation sites (tertiary alicyclic amines) is 1. The molecule has 1 atom stereocenters. The molecule has 2 aliphatic heterocycles. The van der Waals surface area contributed by atoms with Crippen molar-refractivity contribution in [2.45, 2.75) is 31.2 Å². The molecule has 0 bridgehead atoms. The summed E-state index contributed by atoms with van der Waals surface area (Å²) < 4.78 is 0. The van der Waals surface area contributed by atoms with Gasteiger partial charge in [-0.05, 0) is 61.7 Å². The van der Waals surface area contributed by atoms with E-state index in [1.807, 2.05) is 18.2 Å². The maximum Gasteiger partial charge on any atom is 0.163 e. The smallest absolute Gasteiger partial charge is 0.163 e. The second-order valence-electron chi connectivity index (χ2n) is 7.69. The lowest BCUT2D eigenvalue weighted by molar-refractivity contribution is -0.126. The molecule has 3 nitrogen and oxygen atoms in total. The quantitative estimate of drug-likeness (QED) is 0.637. The summed E-state index contributed by atoms with van der Waals surface area (Å²) >= 11 is 18.9. The zero-order valence-corrected chi connectivity index (χ0v) is 19.1. The number of rotatable bonds is 5. The summed E-state index contributed by atoms with van der Waals surface area (Å²) in [4.78, 5) is 16.1. The maximum atomic E-state index is 13.8. The van der Waals surface area contributed by atoms with Crippen molar-refractivity contribution >= 4 is 53.0 Å². The van der Waals surface area contributed by atoms with Gasteiger partial charge in [-0.25, -0.2) is 0 Å². The lowest BCUT2D eigenvalue weighted by atomic mass is 9.77. The predicted octanol–water partition coefficient (Wildman–Crippen LogP) is 5.32. The van der Waals surface area contributed by atoms with Gasteiger partial charge in [0.1, 0.15) is 5.54 Å². The van der Waals surface area contributed by atoms with Gasteiger partial charge in [-0.3, -0.25) is 10.1 Å². The molecule has 0 spiro atoms. The molecule has 0 aliphatic carbocycles. The maximum absolute atomic E-state index is 13.8. The van der Waals surface area contributed by atoms with Crippen LogP contribution in [0.1, 0.15) is 29.5 Å². The Morgan fingerprint density at radius 2 is 1.79 bits per heavy atom. The van der Waals surface area contributed by atoms with Crippen LogP contribution in [0.3, 0.4) is 0 Å². The van der Waals surface area contributed by atoms with E-state index in [0.29, 0.717) is 21.6 Å². The second kappa shape index (κ2) is 9.55. The molecule has 29 heavy (non-hydrogen) atoms. The average Bonchev–Trinajstić information content (AvgIpc) is 3.18. The molecule has 2 heterocycles. The minimum Gasteiger partial charge on any atom is -0.301 e. The Balaban J connectivity index is 0.00000240. The highest BCUT2D eigenvalue weighted by molar-refractivity contribution is 6.42. The lowest BCUT2D eigenvalue weighted by Gasteiger charge is -2.42. The molecule has 0 amide bonds. The number of hydrogen-bond acceptors (Lipinski definition) is 3. The van der Waals surface area contributed by atoms with E-state index in [-0.39, 0.29) is 24.6 Å². The summed E-state index contributed by atoms with van der Waals surface area (Å²) in [5, 5.41) is 5.19. The minimum atomic E-state index is -0.803. The Labute approximate surface area is 193 Å². The van der Waals surface area contributed by atoms with Crippen LogP contribution in [0.5, 0.6) is 0 Å². The van der Waals surface area contributed by atoms with Crippen LogP contribution in [-0.2, 0) is 23.2 Å². The topological polar surface area (TPSA) is 32.3 Å². The van der Waals surface area contributed by atoms with E-state index in [4.69, 9.17) is 34.8 Å². The zero-order chi connectivity index (χ0) is 19.7. The third kappa shape index (κ3) is 4.61. The first-order chi connectivity index (χ1) is 13.5. The van der Waals surface area contributed by atoms with E-state index in [1.165, 1.54) is 12.8 Å². The third-order valence-corrected chi connectivity index (χ3v) is 6.89. The van der Waals surface area contributed by atoms with Crippen molar-refractivity contribution < 1.29 is 4.79 Å². The molecule has 7 heteroatoms. The fourth-order valence-corrected chi connectivity index (χ4v) is 5.15. The van der Waals surface area contributed by atoms with Gasteiger partial charge in [-0.15, -0.1) is 12.4 Å². The van der Waals surface area contributed by atoms with Gasteiger partial charge in [-0.1, -0.05) is 53.0 Å². The van der Waals surface area contributed by atoms with Crippen LogP contribution in [-0.4, -0.2) is 36.9 Å². The van der Waals surface area contributed by atoms with E-state index in [1.54, 1.807) is 12.1 Å². The van der Waals surface area contributed by atoms with Crippen LogP contribution in [0.4, 0.5) is 0 Å². The number of carbonyl (C=O) groups is 1. The Morgan fingerprint density at radius 1 is 1.03 bits per heavy atom. The average molecular weight is 474 g/mol. The van der Waals surface area contributed by atoms with E-state index >= 15 is 0 Å². The molecule has 2 aromatic carbocycles. The number of carbonyl (C=O) groups excluding carboxylic acids is 1. The highest BCUT2D eigenvalue weighted by atomic mass is 35.5. The Morgan fingerprint density at radius 3 is 2.52 bits per heavy atom. The molecular formula is C22H24Cl4N2O. The van der Waals surface area contributed by atoms with Crippen molar-refractivity contribution in [1.29, 1.82) is 0 Å². The summed E-state index contributed by atoms with van der Waals surface area (Å²) in [6.07, 6.45) is 3.50. The molecule has 1 fully saturated rings. The normalized spacial score (nSPS) is 21.5. The minimum absolute atomic E-state index is 0. The molecule has 0 radical (unpaired) electrons. The highest BCUT2D eigenvalue weighted by Gasteiger charge is 2.45. The molecule has 4 rings (SSSR count). The summed E-state index contributed by atoms with van der Waals surface area (Å²) in [5.74, 6) is 0.117. The van der Waals surface area contributed by atoms with Gasteiger partial charge in [0.25, 0.3) is 0 Å². The van der Waals surface area contributed by atoms with Crippen LogP contribution in [0.2, 0.25) is 15.1 Å². The first-order valence-electron chi connectivity index (χ1n) is 9.72. The second-order valence-corrected chi connectivity index (χ2v) is 8.91. The number of nitrogens with one attached hydrogen (secondary N) is 1. The van der Waals surface area contributed by atoms with Gasteiger partial charge in [0.2, 0.25) is 0 Å². The third-order valence-electron chi connectivity index (χ3n) is 5.83. The number of benzene rings is 2. The van der Waals surface area contributed by atoms with Crippen LogP contribution < -0.4 is 5.32 Å². The Hall–Kier alpha value is -0.810. The molecule has 2 aromatic rings. The van der Waals surface area contributed by atoms with Crippen molar-refractivity contribution in [1.82, 2.24) is 10.2 Å². The molecule has 156 valence electrons. The summed E-state index contributed by atoms with van der Waals surface area (Å²) in [6.45, 7) is 3.44. The number of nitrogens with zero attached hydrogens (tertiary/aromatic N) is 1. The van der Waals surface area contributed by atoms with Crippen molar-refractivity contribution in [3.63, 3.8) is 0 Å². The van der Waals surface area contributed by atoms with Crippen molar-refractivity contribution in [2.24, 2.45) is 0 Å². The van der Waals surface area contributed by atoms with Crippen molar-refractivity contribution in [2.75, 3.05) is 26.2 Å². The fraction of sp³-hybridized carbons (Fsp3) is 0.409. The molecule has 1 N–H and O–H groups in total. The molecule has 0 saturated carbocycles. The highest BCUT2D eigenvalue weighted by Crippen LogP contribution is 2.37. The van der Waals surface area contributed by atoms with Gasteiger partial charge in [0.15, 0.2) is 5.78 Å². The SMILES string of the molecule is Cl.O=C(Cc1ccc(Cl)c(Cl)c1)C1(CN2CCCC2)NCCc2cccc(Cl)c21. The Kier molecular flexibility index (Phi) is 7.53. The van der Waals surface area contributed by atoms with Crippen molar-refractivity contribution in [3.8, 4) is 0 Å². The molecule has 2 aliphatic rings. The van der Waals surface area contributed by atoms with Crippen molar-refractivity contribution in [3.05, 3.63) is 68.2 Å². The first kappa shape index (κ1) is 22.9. The first-order valence-corrected chi connectivity index (χ1v) is 10.9. The van der Waals surface area contributed by atoms with Crippen LogP contribution in [0.15, 0.2) is 36.4 Å². The molecule has 1 unspecified atom stereocenters. The van der Waals surface area contributed by atoms with E-state index in [0.717, 1.165) is 42.7 Å². The summed E-state index contributed by atoms with van der Waals surface area (Å²) in [6, 6.07) is 11.3. The molecule has 1 saturated heterocycles. The number of fused-ring (bicyclic) bond motifs is 1. The van der Waals surface area contributed by atoms with Gasteiger partial charge in [-0.2, -0.15) is 0 Å². The number of hydrogen-bond donors (Lipinski definition) is 1. The molecule has 0 aromatic heterocycles. The van der Waals surface area contributed by atoms with Gasteiger partial charge < -0.3 is 4.90 Å². The van der Waals surface area contributed by atoms with Gasteiger partial charge in [0, 0.05) is 30.1 Å². The summed E-state index contributed by atoms with van der Waals surface area (Å²) in [5.41, 5.74) is 2.16. The standard InChI is InChI=1S/C22H23Cl3N2O.ClH/c23-17-7-6-15(12-19(17)25)13-20(28)22(14-27-10-1-2-11-27)21-16(8-9-26-22)4-3-5-18(21)24;/h3-7,12,26H,1-2,8-11,13-14H2;1H. The van der Waals surface area contributed by atoms with Crippen LogP contribution in [0.25, 0.3) is 0 Å². The van der Waals surface area contributed by atoms with Crippen LogP contribution in [0, 0.1) is 0 Å². The zero-order valence-electron chi connectivity index (χ0n) is 16.0. The van der Waals surface area contributed by atoms with Gasteiger partial charge in [0.05, 0.1) is 10.0 Å². The summed E-state index contributed by atoms with van der Waals surface area (Å²) in [7, 11) is 0. The Bertz CT molecular complexity index is 898. The largest absolute Gasteiger partial charge is 0.301 e. The number of ketones is 1. The lowest BCUT2D eigenvalue weighted by Crippen LogP contribution is -2.59. The predicted molar refractivity (Wildman–Crippen MR) is 123 cm³/mol.